The van der Waals surface area contributed by atoms with Crippen LogP contribution in [0.3, 0.4) is 0 Å². The molecule has 0 saturated carbocycles. The summed E-state index contributed by atoms with van der Waals surface area (Å²) in [5, 5.41) is 4.24. The van der Waals surface area contributed by atoms with Crippen LogP contribution in [0.5, 0.6) is 0 Å². The highest BCUT2D eigenvalue weighted by Gasteiger charge is 2.08. The van der Waals surface area contributed by atoms with E-state index in [1.54, 1.807) is 0 Å². The van der Waals surface area contributed by atoms with Crippen molar-refractivity contribution in [1.82, 2.24) is 5.32 Å². The second-order valence-corrected chi connectivity index (χ2v) is 5.72. The summed E-state index contributed by atoms with van der Waals surface area (Å²) < 4.78 is 0. The molecule has 0 aliphatic heterocycles. The van der Waals surface area contributed by atoms with Gasteiger partial charge in [-0.15, -0.1) is 0 Å². The number of benzene rings is 2. The van der Waals surface area contributed by atoms with Crippen LogP contribution in [0.15, 0.2) is 36.4 Å². The Balaban J connectivity index is 2.33. The summed E-state index contributed by atoms with van der Waals surface area (Å²) in [4.78, 5) is 0. The van der Waals surface area contributed by atoms with E-state index in [0.717, 1.165) is 17.1 Å². The van der Waals surface area contributed by atoms with E-state index < -0.39 is 0 Å². The van der Waals surface area contributed by atoms with Gasteiger partial charge in [0.25, 0.3) is 0 Å². The summed E-state index contributed by atoms with van der Waals surface area (Å²) in [5.41, 5.74) is 6.09. The van der Waals surface area contributed by atoms with E-state index in [0.29, 0.717) is 6.04 Å². The second kappa shape index (κ2) is 6.43. The summed E-state index contributed by atoms with van der Waals surface area (Å²) in [5.74, 6) is 0. The predicted molar refractivity (Wildman–Crippen MR) is 88.5 cm³/mol. The van der Waals surface area contributed by atoms with Crippen molar-refractivity contribution in [3.8, 4) is 11.1 Å². The second-order valence-electron chi connectivity index (χ2n) is 5.32. The van der Waals surface area contributed by atoms with Gasteiger partial charge in [-0.25, -0.2) is 0 Å². The minimum atomic E-state index is 0.379. The van der Waals surface area contributed by atoms with Crippen LogP contribution in [-0.4, -0.2) is 6.54 Å². The van der Waals surface area contributed by atoms with Gasteiger partial charge in [0, 0.05) is 16.6 Å². The van der Waals surface area contributed by atoms with Gasteiger partial charge in [-0.1, -0.05) is 42.8 Å². The van der Waals surface area contributed by atoms with E-state index in [2.05, 4.69) is 63.3 Å². The zero-order valence-corrected chi connectivity index (χ0v) is 13.4. The van der Waals surface area contributed by atoms with Crippen LogP contribution in [0.2, 0.25) is 5.02 Å². The van der Waals surface area contributed by atoms with Crippen LogP contribution in [0.1, 0.15) is 36.6 Å². The lowest BCUT2D eigenvalue weighted by molar-refractivity contribution is 0.598. The molecule has 0 radical (unpaired) electrons. The molecule has 1 nitrogen and oxygen atoms in total. The molecule has 0 spiro atoms. The van der Waals surface area contributed by atoms with E-state index >= 15 is 0 Å². The highest BCUT2D eigenvalue weighted by atomic mass is 35.5. The van der Waals surface area contributed by atoms with Gasteiger partial charge in [0.05, 0.1) is 0 Å². The van der Waals surface area contributed by atoms with Crippen LogP contribution in [0.25, 0.3) is 11.1 Å². The van der Waals surface area contributed by atoms with Crippen molar-refractivity contribution in [1.29, 1.82) is 0 Å². The first-order valence-corrected chi connectivity index (χ1v) is 7.51. The first kappa shape index (κ1) is 15.1. The van der Waals surface area contributed by atoms with Crippen molar-refractivity contribution in [2.24, 2.45) is 0 Å². The van der Waals surface area contributed by atoms with E-state index in [1.165, 1.54) is 22.3 Å². The molecule has 2 aromatic rings. The van der Waals surface area contributed by atoms with Gasteiger partial charge in [-0.2, -0.15) is 0 Å². The molecule has 0 saturated heterocycles. The number of hydrogen-bond acceptors (Lipinski definition) is 1. The molecule has 2 aromatic carbocycles. The molecule has 2 rings (SSSR count). The predicted octanol–water partition coefficient (Wildman–Crippen LogP) is 5.29. The Kier molecular flexibility index (Phi) is 4.85. The third-order valence-corrected chi connectivity index (χ3v) is 4.13. The fourth-order valence-corrected chi connectivity index (χ4v) is 2.70. The lowest BCUT2D eigenvalue weighted by Crippen LogP contribution is -2.17. The number of hydrogen-bond donors (Lipinski definition) is 1. The average molecular weight is 288 g/mol. The zero-order valence-electron chi connectivity index (χ0n) is 12.6. The first-order valence-electron chi connectivity index (χ1n) is 7.13. The Morgan fingerprint density at radius 2 is 1.65 bits per heavy atom. The van der Waals surface area contributed by atoms with E-state index in [1.807, 2.05) is 6.07 Å². The van der Waals surface area contributed by atoms with Crippen LogP contribution in [0, 0.1) is 13.8 Å². The summed E-state index contributed by atoms with van der Waals surface area (Å²) in [6, 6.07) is 13.2. The summed E-state index contributed by atoms with van der Waals surface area (Å²) >= 11 is 6.38. The van der Waals surface area contributed by atoms with E-state index in [9.17, 15) is 0 Å². The minimum absolute atomic E-state index is 0.379. The van der Waals surface area contributed by atoms with Crippen LogP contribution in [-0.2, 0) is 0 Å². The lowest BCUT2D eigenvalue weighted by atomic mass is 9.98. The maximum atomic E-state index is 6.38. The molecule has 0 aliphatic carbocycles. The van der Waals surface area contributed by atoms with Crippen molar-refractivity contribution in [2.75, 3.05) is 6.54 Å². The molecular formula is C18H22ClN. The molecule has 106 valence electrons. The molecule has 0 heterocycles. The monoisotopic (exact) mass is 287 g/mol. The van der Waals surface area contributed by atoms with Gasteiger partial charge < -0.3 is 5.32 Å². The van der Waals surface area contributed by atoms with Gasteiger partial charge >= 0.3 is 0 Å². The summed E-state index contributed by atoms with van der Waals surface area (Å²) in [7, 11) is 0. The Labute approximate surface area is 127 Å². The molecule has 0 amide bonds. The van der Waals surface area contributed by atoms with Crippen molar-refractivity contribution in [2.45, 2.75) is 33.7 Å². The smallest absolute Gasteiger partial charge is 0.0487 e. The molecule has 1 N–H and O–H groups in total. The van der Waals surface area contributed by atoms with Crippen molar-refractivity contribution >= 4 is 11.6 Å². The van der Waals surface area contributed by atoms with Crippen molar-refractivity contribution in [3.63, 3.8) is 0 Å². The van der Waals surface area contributed by atoms with Crippen LogP contribution in [0.4, 0.5) is 0 Å². The van der Waals surface area contributed by atoms with Gasteiger partial charge in [0.15, 0.2) is 0 Å². The average Bonchev–Trinajstić information content (AvgIpc) is 2.43. The number of nitrogens with one attached hydrogen (secondary N) is 1. The third kappa shape index (κ3) is 3.23. The standard InChI is InChI=1S/C18H22ClN/c1-5-20-14(4)15-6-8-16(9-7-15)17-10-12(2)13(3)11-18(17)19/h6-11,14,20H,5H2,1-4H3. The van der Waals surface area contributed by atoms with Crippen LogP contribution < -0.4 is 5.32 Å². The maximum absolute atomic E-state index is 6.38. The number of rotatable bonds is 4. The maximum Gasteiger partial charge on any atom is 0.0487 e. The zero-order chi connectivity index (χ0) is 14.7. The third-order valence-electron chi connectivity index (χ3n) is 3.82. The molecular weight excluding hydrogens is 266 g/mol. The van der Waals surface area contributed by atoms with Gasteiger partial charge in [0.1, 0.15) is 0 Å². The topological polar surface area (TPSA) is 12.0 Å². The molecule has 1 atom stereocenters. The molecule has 0 aromatic heterocycles. The van der Waals surface area contributed by atoms with Crippen molar-refractivity contribution in [3.05, 3.63) is 58.1 Å². The van der Waals surface area contributed by atoms with E-state index in [4.69, 9.17) is 11.6 Å². The molecule has 20 heavy (non-hydrogen) atoms. The van der Waals surface area contributed by atoms with Crippen LogP contribution >= 0.6 is 11.6 Å². The van der Waals surface area contributed by atoms with Gasteiger partial charge in [0.2, 0.25) is 0 Å². The molecule has 1 unspecified atom stereocenters. The van der Waals surface area contributed by atoms with E-state index in [-0.39, 0.29) is 0 Å². The Morgan fingerprint density at radius 3 is 2.25 bits per heavy atom. The van der Waals surface area contributed by atoms with Gasteiger partial charge in [-0.05, 0) is 61.7 Å². The Morgan fingerprint density at radius 1 is 1.05 bits per heavy atom. The first-order chi connectivity index (χ1) is 9.52. The SMILES string of the molecule is CCNC(C)c1ccc(-c2cc(C)c(C)cc2Cl)cc1. The molecule has 0 bridgehead atoms. The fourth-order valence-electron chi connectivity index (χ4n) is 2.38. The highest BCUT2D eigenvalue weighted by molar-refractivity contribution is 6.33. The summed E-state index contributed by atoms with van der Waals surface area (Å²) in [6.07, 6.45) is 0. The number of halogens is 1. The summed E-state index contributed by atoms with van der Waals surface area (Å²) in [6.45, 7) is 9.50. The largest absolute Gasteiger partial charge is 0.310 e. The fraction of sp³-hybridized carbons (Fsp3) is 0.333. The minimum Gasteiger partial charge on any atom is -0.310 e. The van der Waals surface area contributed by atoms with Crippen molar-refractivity contribution < 1.29 is 0 Å². The Bertz CT molecular complexity index is 587. The number of aryl methyl sites for hydroxylation is 2. The normalized spacial score (nSPS) is 12.4. The van der Waals surface area contributed by atoms with Gasteiger partial charge in [-0.3, -0.25) is 0 Å². The highest BCUT2D eigenvalue weighted by Crippen LogP contribution is 2.31. The lowest BCUT2D eigenvalue weighted by Gasteiger charge is -2.14. The molecule has 2 heteroatoms. The Hall–Kier alpha value is -1.31. The molecule has 0 fully saturated rings. The quantitative estimate of drug-likeness (QED) is 0.805. The molecule has 0 aliphatic rings.